The van der Waals surface area contributed by atoms with Crippen molar-refractivity contribution < 1.29 is 84.2 Å². The number of Topliss-reactive ketones (excluding diaryl/α,β-unsaturated/α-hetero) is 1. The number of aliphatic hydroxyl groups excluding tert-OH is 2. The average Bonchev–Trinajstić information content (AvgIpc) is 3.24. The third kappa shape index (κ3) is 8.70. The molecule has 0 aromatic heterocycles. The van der Waals surface area contributed by atoms with Crippen LogP contribution < -0.4 is 5.32 Å². The molecule has 1 amide bonds. The summed E-state index contributed by atoms with van der Waals surface area (Å²) in [4.78, 5) is 83.5. The zero-order valence-corrected chi connectivity index (χ0v) is 36.7. The van der Waals surface area contributed by atoms with E-state index in [2.05, 4.69) is 5.32 Å². The molecule has 1 unspecified atom stereocenters. The number of fused-ring (bicyclic) bond motifs is 5. The number of aliphatic hydroxyl groups is 3. The van der Waals surface area contributed by atoms with Crippen molar-refractivity contribution in [2.45, 2.75) is 108 Å². The summed E-state index contributed by atoms with van der Waals surface area (Å²) >= 11 is 0. The fourth-order valence-corrected chi connectivity index (χ4v) is 10.2. The second kappa shape index (κ2) is 19.3. The Morgan fingerprint density at radius 1 is 0.800 bits per heavy atom. The summed E-state index contributed by atoms with van der Waals surface area (Å²) in [5.41, 5.74) is -7.02. The third-order valence-electron chi connectivity index (χ3n) is 13.5. The van der Waals surface area contributed by atoms with Crippen molar-refractivity contribution in [3.05, 3.63) is 119 Å². The van der Waals surface area contributed by atoms with Crippen LogP contribution in [0.2, 0.25) is 0 Å². The number of nitrogens with one attached hydrogen (secondary N) is 1. The molecule has 3 fully saturated rings. The normalized spacial score (nSPS) is 30.4. The Kier molecular flexibility index (Phi) is 15.4. The molecule has 3 aromatic rings. The van der Waals surface area contributed by atoms with Crippen LogP contribution in [0.15, 0.2) is 102 Å². The van der Waals surface area contributed by atoms with Crippen molar-refractivity contribution in [1.29, 1.82) is 0 Å². The van der Waals surface area contributed by atoms with E-state index in [1.807, 2.05) is 0 Å². The molecule has 0 spiro atoms. The summed E-state index contributed by atoms with van der Waals surface area (Å²) in [6.07, 6.45) is -10.5. The van der Waals surface area contributed by atoms with Gasteiger partial charge in [-0.3, -0.25) is 19.2 Å². The molecule has 18 nitrogen and oxygen atoms in total. The topological polar surface area (TPSA) is 316 Å². The van der Waals surface area contributed by atoms with E-state index < -0.39 is 113 Å². The second-order valence-electron chi connectivity index (χ2n) is 17.4. The van der Waals surface area contributed by atoms with Crippen LogP contribution in [-0.2, 0) is 42.9 Å². The monoisotopic (exact) mass is 907 g/mol. The molecule has 0 radical (unpaired) electrons. The van der Waals surface area contributed by atoms with Gasteiger partial charge >= 0.3 is 23.9 Å². The Hall–Kier alpha value is -5.86. The molecule has 10 N–H and O–H groups in total. The lowest BCUT2D eigenvalue weighted by molar-refractivity contribution is -0.346. The molecule has 18 heteroatoms. The fraction of sp³-hybridized carbons (Fsp3) is 0.447. The van der Waals surface area contributed by atoms with Gasteiger partial charge in [0.15, 0.2) is 23.6 Å². The first-order valence-corrected chi connectivity index (χ1v) is 20.5. The number of hydrogen-bond acceptors (Lipinski definition) is 14. The zero-order chi connectivity index (χ0) is 44.9. The van der Waals surface area contributed by atoms with Crippen LogP contribution in [0.5, 0.6) is 0 Å². The van der Waals surface area contributed by atoms with Crippen molar-refractivity contribution in [1.82, 2.24) is 5.32 Å². The van der Waals surface area contributed by atoms with Crippen LogP contribution in [0.25, 0.3) is 0 Å². The van der Waals surface area contributed by atoms with Gasteiger partial charge < -0.3 is 60.7 Å². The average molecular weight is 908 g/mol. The van der Waals surface area contributed by atoms with Crippen molar-refractivity contribution >= 4 is 35.6 Å². The molecule has 352 valence electrons. The Bertz CT molecular complexity index is 2290. The minimum Gasteiger partial charge on any atom is -0.456 e. The Balaban J connectivity index is 0.00000308. The largest absolute Gasteiger partial charge is 0.456 e. The van der Waals surface area contributed by atoms with Crippen molar-refractivity contribution in [3.8, 4) is 0 Å². The van der Waals surface area contributed by atoms with E-state index in [0.29, 0.717) is 5.56 Å². The highest BCUT2D eigenvalue weighted by Crippen LogP contribution is 2.64. The van der Waals surface area contributed by atoms with Crippen LogP contribution in [0, 0.1) is 16.7 Å². The van der Waals surface area contributed by atoms with E-state index in [4.69, 9.17) is 23.7 Å². The van der Waals surface area contributed by atoms with Crippen LogP contribution in [0.1, 0.15) is 86.7 Å². The molecule has 1 saturated heterocycles. The van der Waals surface area contributed by atoms with E-state index in [0.717, 1.165) is 13.8 Å². The number of hydrogen-bond donors (Lipinski definition) is 4. The number of amides is 1. The molecule has 7 rings (SSSR count). The van der Waals surface area contributed by atoms with Gasteiger partial charge in [0.05, 0.1) is 35.6 Å². The maximum absolute atomic E-state index is 15.5. The van der Waals surface area contributed by atoms with Gasteiger partial charge in [0.1, 0.15) is 23.9 Å². The predicted molar refractivity (Wildman–Crippen MR) is 229 cm³/mol. The number of ketones is 1. The minimum absolute atomic E-state index is 0. The van der Waals surface area contributed by atoms with Gasteiger partial charge in [0, 0.05) is 37.7 Å². The number of benzene rings is 3. The number of carbonyl (C=O) groups excluding carboxylic acids is 6. The lowest BCUT2D eigenvalue weighted by Crippen LogP contribution is -2.82. The third-order valence-corrected chi connectivity index (χ3v) is 13.5. The maximum atomic E-state index is 15.5. The van der Waals surface area contributed by atoms with E-state index in [9.17, 15) is 39.3 Å². The minimum atomic E-state index is -2.39. The number of carbonyl (C=O) groups is 6. The highest BCUT2D eigenvalue weighted by atomic mass is 16.6. The van der Waals surface area contributed by atoms with Crippen molar-refractivity contribution in [2.75, 3.05) is 6.61 Å². The zero-order valence-electron chi connectivity index (χ0n) is 36.7. The first-order valence-electron chi connectivity index (χ1n) is 20.5. The molecule has 11 atom stereocenters. The maximum Gasteiger partial charge on any atom is 0.338 e. The van der Waals surface area contributed by atoms with Crippen LogP contribution in [0.3, 0.4) is 0 Å². The molecule has 1 heterocycles. The summed E-state index contributed by atoms with van der Waals surface area (Å²) in [5, 5.41) is 40.2. The van der Waals surface area contributed by atoms with Gasteiger partial charge in [0.25, 0.3) is 5.91 Å². The van der Waals surface area contributed by atoms with Crippen molar-refractivity contribution in [2.24, 2.45) is 16.7 Å². The van der Waals surface area contributed by atoms with E-state index >= 15 is 4.79 Å². The van der Waals surface area contributed by atoms with Crippen LogP contribution in [0.4, 0.5) is 0 Å². The fourth-order valence-electron chi connectivity index (χ4n) is 10.2. The highest BCUT2D eigenvalue weighted by molar-refractivity contribution is 5.96. The van der Waals surface area contributed by atoms with E-state index in [1.54, 1.807) is 92.7 Å². The molecule has 1 aliphatic heterocycles. The van der Waals surface area contributed by atoms with Gasteiger partial charge in [-0.25, -0.2) is 9.59 Å². The quantitative estimate of drug-likeness (QED) is 0.127. The molecular weight excluding hydrogens is 851 g/mol. The predicted octanol–water partition coefficient (Wildman–Crippen LogP) is 1.26. The Labute approximate surface area is 374 Å². The number of rotatable bonds is 10. The van der Waals surface area contributed by atoms with Gasteiger partial charge in [-0.15, -0.1) is 0 Å². The summed E-state index contributed by atoms with van der Waals surface area (Å²) in [5.74, 6) is -6.84. The first kappa shape index (κ1) is 51.8. The van der Waals surface area contributed by atoms with Crippen LogP contribution in [-0.4, -0.2) is 122 Å². The molecular formula is C47H57NO17. The van der Waals surface area contributed by atoms with Gasteiger partial charge in [-0.05, 0) is 54.8 Å². The summed E-state index contributed by atoms with van der Waals surface area (Å²) in [6, 6.07) is 22.9. The number of esters is 4. The smallest absolute Gasteiger partial charge is 0.338 e. The van der Waals surface area contributed by atoms with Gasteiger partial charge in [0.2, 0.25) is 0 Å². The summed E-state index contributed by atoms with van der Waals surface area (Å²) < 4.78 is 30.3. The lowest BCUT2D eigenvalue weighted by Gasteiger charge is -2.67. The van der Waals surface area contributed by atoms with E-state index in [-0.39, 0.29) is 51.7 Å². The summed E-state index contributed by atoms with van der Waals surface area (Å²) in [7, 11) is 0. The SMILES string of the molecule is CC(=O)O[C@H]1C(=O)[C@@]2(C)C([C@H](OC(=O)c3ccccc3)[C@]3(O)C[C@H](OC(=O)[C@H](O)[C@@H](NC(=O)c4ccccc4)c4ccccc4)C(C)=C1C3(C)C)[C@]1(OC(C)=O)CO[C@@H]1C[C@@H]2O.O.O.O. The Morgan fingerprint density at radius 3 is 1.88 bits per heavy atom. The molecule has 2 saturated carbocycles. The van der Waals surface area contributed by atoms with Gasteiger partial charge in [-0.1, -0.05) is 80.6 Å². The lowest BCUT2D eigenvalue weighted by atomic mass is 9.44. The summed E-state index contributed by atoms with van der Waals surface area (Å²) in [6.45, 7) is 7.97. The van der Waals surface area contributed by atoms with Gasteiger partial charge in [-0.2, -0.15) is 0 Å². The molecule has 3 aromatic carbocycles. The first-order chi connectivity index (χ1) is 29.3. The van der Waals surface area contributed by atoms with Crippen molar-refractivity contribution in [3.63, 3.8) is 0 Å². The molecule has 2 bridgehead atoms. The molecule has 3 aliphatic carbocycles. The highest BCUT2D eigenvalue weighted by Gasteiger charge is 2.78. The molecule has 65 heavy (non-hydrogen) atoms. The second-order valence-corrected chi connectivity index (χ2v) is 17.4. The standard InChI is InChI=1S/C47H51NO14.3H2O/c1-25-31(60-43(56)36(52)35(28-16-10-7-11-17-28)48-41(54)29-18-12-8-13-19-29)23-47(57)40(61-42(55)30-20-14-9-15-21-30)38-45(6,32(51)22-33-46(38,24-58-33)62-27(3)50)39(53)37(59-26(2)49)34(25)44(47,4)5;;;/h7-21,31-33,35-38,40,51-52,57H,22-24H2,1-6H3,(H,48,54);3*1H2/t31-,32-,33+,35-,36+,37+,38?,40-,45+,46-,47+;;;/m0.../s1. The molecule has 4 aliphatic rings. The Morgan fingerprint density at radius 2 is 1.35 bits per heavy atom. The van der Waals surface area contributed by atoms with Crippen LogP contribution >= 0.6 is 0 Å². The van der Waals surface area contributed by atoms with E-state index in [1.165, 1.54) is 26.0 Å². The number of ether oxygens (including phenoxy) is 5.